The van der Waals surface area contributed by atoms with Gasteiger partial charge in [0.2, 0.25) is 0 Å². The molecule has 0 spiro atoms. The van der Waals surface area contributed by atoms with Crippen molar-refractivity contribution >= 4 is 67.5 Å². The van der Waals surface area contributed by atoms with Crippen LogP contribution in [0.1, 0.15) is 34.6 Å². The lowest BCUT2D eigenvalue weighted by Crippen LogP contribution is -2.61. The van der Waals surface area contributed by atoms with Gasteiger partial charge >= 0.3 is 23.9 Å². The van der Waals surface area contributed by atoms with Crippen LogP contribution in [0.3, 0.4) is 0 Å². The molecule has 1 saturated heterocycles. The third-order valence-electron chi connectivity index (χ3n) is 5.21. The van der Waals surface area contributed by atoms with Crippen LogP contribution < -0.4 is 0 Å². The number of benzene rings is 2. The summed E-state index contributed by atoms with van der Waals surface area (Å²) in [7, 11) is 0. The third kappa shape index (κ3) is 8.03. The number of hydrogen-bond acceptors (Lipinski definition) is 10. The second kappa shape index (κ2) is 13.4. The summed E-state index contributed by atoms with van der Waals surface area (Å²) in [5.74, 6) is -2.67. The molecule has 3 rings (SSSR count). The molecule has 9 nitrogen and oxygen atoms in total. The fraction of sp³-hybridized carbons (Fsp3) is 0.360. The minimum Gasteiger partial charge on any atom is -0.459 e. The Hall–Kier alpha value is -2.41. The van der Waals surface area contributed by atoms with Crippen molar-refractivity contribution in [2.75, 3.05) is 12.9 Å². The van der Waals surface area contributed by atoms with Gasteiger partial charge in [-0.05, 0) is 54.8 Å². The summed E-state index contributed by atoms with van der Waals surface area (Å²) in [6, 6.07) is 13.0. The van der Waals surface area contributed by atoms with Crippen LogP contribution >= 0.6 is 43.6 Å². The Labute approximate surface area is 234 Å². The number of esters is 4. The highest BCUT2D eigenvalue weighted by Crippen LogP contribution is 2.34. The fourth-order valence-corrected chi connectivity index (χ4v) is 4.85. The van der Waals surface area contributed by atoms with Crippen LogP contribution in [0, 0.1) is 0 Å². The van der Waals surface area contributed by atoms with E-state index in [0.29, 0.717) is 5.56 Å². The van der Waals surface area contributed by atoms with Gasteiger partial charge in [0.15, 0.2) is 18.3 Å². The van der Waals surface area contributed by atoms with E-state index in [2.05, 4.69) is 31.9 Å². The molecule has 1 aliphatic heterocycles. The summed E-state index contributed by atoms with van der Waals surface area (Å²) in [4.78, 5) is 49.5. The summed E-state index contributed by atoms with van der Waals surface area (Å²) in [6.45, 7) is 2.07. The maximum absolute atomic E-state index is 13.0. The topological polar surface area (TPSA) is 114 Å². The second-order valence-electron chi connectivity index (χ2n) is 7.91. The average molecular weight is 660 g/mol. The Bertz CT molecular complexity index is 1120. The highest BCUT2D eigenvalue weighted by molar-refractivity contribution is 9.10. The van der Waals surface area contributed by atoms with Crippen molar-refractivity contribution in [3.05, 3.63) is 68.6 Å². The highest BCUT2D eigenvalue weighted by Gasteiger charge is 2.52. The van der Waals surface area contributed by atoms with E-state index in [1.165, 1.54) is 25.6 Å². The van der Waals surface area contributed by atoms with E-state index in [4.69, 9.17) is 23.7 Å². The molecular weight excluding hydrogens is 636 g/mol. The van der Waals surface area contributed by atoms with Crippen molar-refractivity contribution in [3.63, 3.8) is 0 Å². The van der Waals surface area contributed by atoms with E-state index in [-0.39, 0.29) is 12.2 Å². The molecule has 1 aliphatic rings. The average Bonchev–Trinajstić information content (AvgIpc) is 2.85. The van der Waals surface area contributed by atoms with Crippen LogP contribution in [0.4, 0.5) is 0 Å². The predicted molar refractivity (Wildman–Crippen MR) is 141 cm³/mol. The molecule has 0 N–H and O–H groups in total. The van der Waals surface area contributed by atoms with Gasteiger partial charge in [0.05, 0.1) is 11.1 Å². The van der Waals surface area contributed by atoms with Crippen LogP contribution in [-0.2, 0) is 33.3 Å². The number of halogens is 2. The fourth-order valence-electron chi connectivity index (χ4n) is 3.59. The first-order valence-electron chi connectivity index (χ1n) is 11.0. The van der Waals surface area contributed by atoms with Crippen molar-refractivity contribution in [2.24, 2.45) is 0 Å². The summed E-state index contributed by atoms with van der Waals surface area (Å²) in [6.07, 6.45) is -2.88. The zero-order valence-corrected chi connectivity index (χ0v) is 24.0. The van der Waals surface area contributed by atoms with E-state index >= 15 is 0 Å². The Morgan fingerprint density at radius 1 is 0.757 bits per heavy atom. The summed E-state index contributed by atoms with van der Waals surface area (Å²) < 4.78 is 29.8. The number of hydrogen-bond donors (Lipinski definition) is 0. The van der Waals surface area contributed by atoms with Gasteiger partial charge in [0.25, 0.3) is 0 Å². The van der Waals surface area contributed by atoms with E-state index in [0.717, 1.165) is 8.95 Å². The molecule has 2 aromatic carbocycles. The normalized spacial score (nSPS) is 23.0. The van der Waals surface area contributed by atoms with Crippen LogP contribution in [-0.4, -0.2) is 66.6 Å². The molecule has 1 heterocycles. The Morgan fingerprint density at radius 2 is 1.24 bits per heavy atom. The Kier molecular flexibility index (Phi) is 10.6. The zero-order valence-electron chi connectivity index (χ0n) is 20.1. The van der Waals surface area contributed by atoms with E-state index in [9.17, 15) is 19.2 Å². The van der Waals surface area contributed by atoms with Gasteiger partial charge in [-0.25, -0.2) is 9.59 Å². The van der Waals surface area contributed by atoms with Crippen LogP contribution in [0.2, 0.25) is 0 Å². The van der Waals surface area contributed by atoms with Gasteiger partial charge in [-0.1, -0.05) is 31.9 Å². The standard InChI is InChI=1S/C25H24Br2O9S/c1-13(28)33-21-20(36-24(31)16-6-10-18(27)11-7-16)19(35-25(37-3)22(21)34-14(2)29)12-32-23(30)15-4-8-17(26)9-5-15/h4-11,19-22,25H,12H2,1-3H3/t19-,20-,21+,22-,25+/m1/s1. The smallest absolute Gasteiger partial charge is 0.338 e. The molecule has 1 fully saturated rings. The van der Waals surface area contributed by atoms with E-state index < -0.39 is 53.7 Å². The first-order chi connectivity index (χ1) is 17.6. The lowest BCUT2D eigenvalue weighted by molar-refractivity contribution is -0.228. The minimum absolute atomic E-state index is 0.228. The van der Waals surface area contributed by atoms with Crippen LogP contribution in [0.25, 0.3) is 0 Å². The largest absolute Gasteiger partial charge is 0.459 e. The first-order valence-corrected chi connectivity index (χ1v) is 13.9. The van der Waals surface area contributed by atoms with Crippen LogP contribution in [0.15, 0.2) is 57.5 Å². The van der Waals surface area contributed by atoms with Gasteiger partial charge in [-0.2, -0.15) is 0 Å². The molecule has 12 heteroatoms. The van der Waals surface area contributed by atoms with Crippen molar-refractivity contribution in [1.29, 1.82) is 0 Å². The van der Waals surface area contributed by atoms with E-state index in [1.54, 1.807) is 54.8 Å². The second-order valence-corrected chi connectivity index (χ2v) is 10.7. The van der Waals surface area contributed by atoms with Crippen LogP contribution in [0.5, 0.6) is 0 Å². The molecule has 198 valence electrons. The van der Waals surface area contributed by atoms with Crippen molar-refractivity contribution < 1.29 is 42.9 Å². The summed E-state index contributed by atoms with van der Waals surface area (Å²) >= 11 is 7.82. The summed E-state index contributed by atoms with van der Waals surface area (Å²) in [5, 5.41) is 0. The molecule has 5 atom stereocenters. The number of carbonyl (C=O) groups excluding carboxylic acids is 4. The van der Waals surface area contributed by atoms with Crippen molar-refractivity contribution in [3.8, 4) is 0 Å². The number of carbonyl (C=O) groups is 4. The zero-order chi connectivity index (χ0) is 27.1. The number of rotatable bonds is 8. The van der Waals surface area contributed by atoms with Gasteiger partial charge in [0.1, 0.15) is 18.1 Å². The minimum atomic E-state index is -1.26. The monoisotopic (exact) mass is 658 g/mol. The number of thioether (sulfide) groups is 1. The van der Waals surface area contributed by atoms with Gasteiger partial charge < -0.3 is 23.7 Å². The molecule has 0 bridgehead atoms. The SMILES string of the molecule is CS[C@@H]1O[C@H](COC(=O)c2ccc(Br)cc2)[C@@H](OC(=O)c2ccc(Br)cc2)[C@H](OC(C)=O)[C@H]1OC(C)=O. The molecule has 0 aliphatic carbocycles. The molecule has 0 radical (unpaired) electrons. The molecule has 0 aromatic heterocycles. The molecule has 2 aromatic rings. The Morgan fingerprint density at radius 3 is 1.73 bits per heavy atom. The quantitative estimate of drug-likeness (QED) is 0.295. The van der Waals surface area contributed by atoms with Gasteiger partial charge in [-0.15, -0.1) is 11.8 Å². The highest BCUT2D eigenvalue weighted by atomic mass is 79.9. The maximum Gasteiger partial charge on any atom is 0.338 e. The van der Waals surface area contributed by atoms with E-state index in [1.807, 2.05) is 0 Å². The van der Waals surface area contributed by atoms with Crippen molar-refractivity contribution in [2.45, 2.75) is 43.7 Å². The molecule has 0 amide bonds. The molecule has 37 heavy (non-hydrogen) atoms. The number of ether oxygens (including phenoxy) is 5. The first kappa shape index (κ1) is 29.2. The molecular formula is C25H24Br2O9S. The summed E-state index contributed by atoms with van der Waals surface area (Å²) in [5.41, 5.74) is -0.267. The van der Waals surface area contributed by atoms with Gasteiger partial charge in [0, 0.05) is 22.8 Å². The maximum atomic E-state index is 13.0. The Balaban J connectivity index is 1.91. The lowest BCUT2D eigenvalue weighted by atomic mass is 9.99. The predicted octanol–water partition coefficient (Wildman–Crippen LogP) is 4.55. The van der Waals surface area contributed by atoms with Crippen molar-refractivity contribution in [1.82, 2.24) is 0 Å². The molecule has 0 unspecified atom stereocenters. The third-order valence-corrected chi connectivity index (χ3v) is 7.11. The molecule has 0 saturated carbocycles. The van der Waals surface area contributed by atoms with Gasteiger partial charge in [-0.3, -0.25) is 9.59 Å². The lowest BCUT2D eigenvalue weighted by Gasteiger charge is -2.44.